The summed E-state index contributed by atoms with van der Waals surface area (Å²) in [4.78, 5) is 26.6. The number of alkyl halides is 6. The molecular formula is C24H23F6N3O5S. The predicted octanol–water partition coefficient (Wildman–Crippen LogP) is 3.76. The molecule has 2 aromatic carbocycles. The highest BCUT2D eigenvalue weighted by Gasteiger charge is 2.72. The van der Waals surface area contributed by atoms with Crippen molar-refractivity contribution >= 4 is 28.6 Å². The highest BCUT2D eigenvalue weighted by Crippen LogP contribution is 2.51. The number of fused-ring (bicyclic) bond motifs is 1. The van der Waals surface area contributed by atoms with Crippen LogP contribution in [0.5, 0.6) is 0 Å². The van der Waals surface area contributed by atoms with Gasteiger partial charge < -0.3 is 19.5 Å². The second-order valence-corrected chi connectivity index (χ2v) is 10.2. The third-order valence-electron chi connectivity index (χ3n) is 6.59. The van der Waals surface area contributed by atoms with E-state index < -0.39 is 58.4 Å². The fraction of sp³-hybridized carbons (Fsp3) is 0.417. The summed E-state index contributed by atoms with van der Waals surface area (Å²) >= 11 is -2.11. The number of benzene rings is 2. The van der Waals surface area contributed by atoms with Crippen molar-refractivity contribution in [3.05, 3.63) is 64.7 Å². The van der Waals surface area contributed by atoms with Crippen molar-refractivity contribution in [2.24, 2.45) is 0 Å². The molecule has 0 saturated carbocycles. The summed E-state index contributed by atoms with van der Waals surface area (Å²) in [6, 6.07) is 5.48. The van der Waals surface area contributed by atoms with Crippen LogP contribution < -0.4 is 10.6 Å². The summed E-state index contributed by atoms with van der Waals surface area (Å²) in [5.41, 5.74) is -4.05. The van der Waals surface area contributed by atoms with Crippen LogP contribution in [0.2, 0.25) is 0 Å². The van der Waals surface area contributed by atoms with Gasteiger partial charge in [0.15, 0.2) is 11.1 Å². The van der Waals surface area contributed by atoms with Gasteiger partial charge in [0, 0.05) is 19.2 Å². The van der Waals surface area contributed by atoms with E-state index in [9.17, 15) is 40.1 Å². The van der Waals surface area contributed by atoms with E-state index in [2.05, 4.69) is 5.32 Å². The van der Waals surface area contributed by atoms with Crippen LogP contribution in [-0.2, 0) is 43.2 Å². The number of hydrogen-bond donors (Lipinski definition) is 3. The first kappa shape index (κ1) is 29.0. The first-order valence-electron chi connectivity index (χ1n) is 11.5. The van der Waals surface area contributed by atoms with E-state index in [0.717, 1.165) is 12.1 Å². The molecule has 39 heavy (non-hydrogen) atoms. The molecule has 2 atom stereocenters. The number of nitrogens with zero attached hydrogens (tertiary/aromatic N) is 1. The number of carbonyl (C=O) groups is 2. The molecule has 1 fully saturated rings. The van der Waals surface area contributed by atoms with Crippen molar-refractivity contribution < 1.29 is 49.4 Å². The molecule has 2 unspecified atom stereocenters. The van der Waals surface area contributed by atoms with Gasteiger partial charge in [-0.05, 0) is 34.4 Å². The number of hydrogen-bond acceptors (Lipinski definition) is 5. The summed E-state index contributed by atoms with van der Waals surface area (Å²) in [5.74, 6) is -1.35. The Kier molecular flexibility index (Phi) is 7.82. The summed E-state index contributed by atoms with van der Waals surface area (Å²) in [6.45, 7) is 0.649. The summed E-state index contributed by atoms with van der Waals surface area (Å²) in [7, 11) is 0. The monoisotopic (exact) mass is 579 g/mol. The van der Waals surface area contributed by atoms with Crippen molar-refractivity contribution in [3.63, 3.8) is 0 Å². The smallest absolute Gasteiger partial charge is 0.378 e. The van der Waals surface area contributed by atoms with Crippen LogP contribution in [0.1, 0.15) is 35.2 Å². The summed E-state index contributed by atoms with van der Waals surface area (Å²) in [6.07, 6.45) is -11.5. The van der Waals surface area contributed by atoms with Crippen molar-refractivity contribution in [3.8, 4) is 0 Å². The van der Waals surface area contributed by atoms with Crippen molar-refractivity contribution in [1.29, 1.82) is 0 Å². The minimum Gasteiger partial charge on any atom is -0.378 e. The Morgan fingerprint density at radius 1 is 1.05 bits per heavy atom. The van der Waals surface area contributed by atoms with Crippen LogP contribution in [0.15, 0.2) is 42.5 Å². The maximum absolute atomic E-state index is 14.0. The second-order valence-electron chi connectivity index (χ2n) is 9.24. The van der Waals surface area contributed by atoms with Gasteiger partial charge in [-0.3, -0.25) is 14.9 Å². The maximum atomic E-state index is 14.0. The lowest BCUT2D eigenvalue weighted by atomic mass is 9.86. The van der Waals surface area contributed by atoms with E-state index in [4.69, 9.17) is 9.29 Å². The lowest BCUT2D eigenvalue weighted by Crippen LogP contribution is -2.68. The number of carbonyl (C=O) groups excluding carboxylic acids is 2. The molecule has 2 amide bonds. The Hall–Kier alpha value is -3.01. The molecule has 2 aliphatic rings. The van der Waals surface area contributed by atoms with E-state index in [0.29, 0.717) is 28.8 Å². The Morgan fingerprint density at radius 3 is 2.15 bits per heavy atom. The third kappa shape index (κ3) is 5.53. The van der Waals surface area contributed by atoms with Gasteiger partial charge in [0.25, 0.3) is 5.91 Å². The Labute approximate surface area is 221 Å². The average molecular weight is 580 g/mol. The molecule has 0 radical (unpaired) electrons. The van der Waals surface area contributed by atoms with Gasteiger partial charge in [-0.25, -0.2) is 4.21 Å². The number of amides is 2. The van der Waals surface area contributed by atoms with Crippen LogP contribution in [0, 0.1) is 0 Å². The third-order valence-corrected chi connectivity index (χ3v) is 7.17. The highest BCUT2D eigenvalue weighted by molar-refractivity contribution is 7.78. The number of halogens is 6. The molecule has 2 aliphatic heterocycles. The van der Waals surface area contributed by atoms with Gasteiger partial charge in [0.05, 0.1) is 25.0 Å². The van der Waals surface area contributed by atoms with E-state index in [1.54, 1.807) is 11.4 Å². The molecule has 3 N–H and O–H groups in total. The first-order chi connectivity index (χ1) is 18.1. The lowest BCUT2D eigenvalue weighted by molar-refractivity contribution is -0.319. The highest BCUT2D eigenvalue weighted by atomic mass is 32.2. The number of anilines is 1. The molecule has 15 heteroatoms. The van der Waals surface area contributed by atoms with Crippen LogP contribution in [0.25, 0.3) is 0 Å². The Morgan fingerprint density at radius 2 is 1.67 bits per heavy atom. The van der Waals surface area contributed by atoms with Crippen LogP contribution >= 0.6 is 0 Å². The van der Waals surface area contributed by atoms with E-state index in [-0.39, 0.29) is 31.2 Å². The molecular weight excluding hydrogens is 556 g/mol. The molecule has 2 heterocycles. The maximum Gasteiger partial charge on any atom is 0.419 e. The molecule has 2 aromatic rings. The minimum absolute atomic E-state index is 0.0316. The molecule has 4 rings (SSSR count). The summed E-state index contributed by atoms with van der Waals surface area (Å²) < 4.78 is 109. The zero-order valence-corrected chi connectivity index (χ0v) is 21.0. The SMILES string of the molecule is CC(=O)N1Cc2cc(CS(=O)O)ccc2C1C(=O)Nc1ccc(C(NC2COC2)(C(F)(F)F)C(F)(F)F)cc1. The van der Waals surface area contributed by atoms with Crippen LogP contribution in [0.4, 0.5) is 32.0 Å². The Bertz CT molecular complexity index is 1270. The predicted molar refractivity (Wildman–Crippen MR) is 126 cm³/mol. The van der Waals surface area contributed by atoms with Gasteiger partial charge in [0.2, 0.25) is 11.4 Å². The molecule has 0 aliphatic carbocycles. The lowest BCUT2D eigenvalue weighted by Gasteiger charge is -2.43. The molecule has 0 aromatic heterocycles. The standard InChI is InChI=1S/C24H23F6N3O5S/c1-13(34)33-9-15-8-14(12-39(36)37)2-7-19(15)20(33)21(35)31-17-5-3-16(4-6-17)22(23(25,26)27,24(28,29)30)32-18-10-38-11-18/h2-8,18,20,32H,9-12H2,1H3,(H,31,35)(H,36,37). The number of nitrogens with one attached hydrogen (secondary N) is 2. The van der Waals surface area contributed by atoms with E-state index >= 15 is 0 Å². The Balaban J connectivity index is 1.61. The minimum atomic E-state index is -5.75. The van der Waals surface area contributed by atoms with Crippen LogP contribution in [-0.4, -0.2) is 57.1 Å². The zero-order chi connectivity index (χ0) is 28.8. The van der Waals surface area contributed by atoms with Gasteiger partial charge in [-0.1, -0.05) is 30.3 Å². The van der Waals surface area contributed by atoms with Gasteiger partial charge in [-0.2, -0.15) is 26.3 Å². The van der Waals surface area contributed by atoms with Gasteiger partial charge >= 0.3 is 12.4 Å². The molecule has 1 saturated heterocycles. The fourth-order valence-corrected chi connectivity index (χ4v) is 5.15. The molecule has 8 nitrogen and oxygen atoms in total. The van der Waals surface area contributed by atoms with Crippen LogP contribution in [0.3, 0.4) is 0 Å². The van der Waals surface area contributed by atoms with Crippen molar-refractivity contribution in [1.82, 2.24) is 10.2 Å². The largest absolute Gasteiger partial charge is 0.419 e. The van der Waals surface area contributed by atoms with Gasteiger partial charge in [0.1, 0.15) is 6.04 Å². The topological polar surface area (TPSA) is 108 Å². The quantitative estimate of drug-likeness (QED) is 0.341. The second kappa shape index (κ2) is 10.5. The zero-order valence-electron chi connectivity index (χ0n) is 20.2. The summed E-state index contributed by atoms with van der Waals surface area (Å²) in [5, 5.41) is 4.12. The van der Waals surface area contributed by atoms with Gasteiger partial charge in [-0.15, -0.1) is 0 Å². The molecule has 0 bridgehead atoms. The van der Waals surface area contributed by atoms with E-state index in [1.165, 1.54) is 24.0 Å². The van der Waals surface area contributed by atoms with Crippen molar-refractivity contribution in [2.75, 3.05) is 18.5 Å². The first-order valence-corrected chi connectivity index (χ1v) is 12.8. The fourth-order valence-electron chi connectivity index (χ4n) is 4.69. The number of ether oxygens (including phenoxy) is 1. The molecule has 212 valence electrons. The van der Waals surface area contributed by atoms with E-state index in [1.807, 2.05) is 0 Å². The normalized spacial score (nSPS) is 18.9. The molecule has 0 spiro atoms. The number of rotatable bonds is 7. The average Bonchev–Trinajstić information content (AvgIpc) is 3.16. The van der Waals surface area contributed by atoms with Crippen molar-refractivity contribution in [2.45, 2.75) is 49.2 Å².